The zero-order valence-corrected chi connectivity index (χ0v) is 9.03. The zero-order valence-electron chi connectivity index (χ0n) is 9.03. The smallest absolute Gasteiger partial charge is 0.230 e. The van der Waals surface area contributed by atoms with Gasteiger partial charge in [0.05, 0.1) is 12.4 Å². The maximum atomic E-state index is 11.4. The molecule has 0 unspecified atom stereocenters. The molecule has 0 aliphatic carbocycles. The number of nitrogens with one attached hydrogen (secondary N) is 1. The molecule has 0 radical (unpaired) electrons. The Hall–Kier alpha value is -1.88. The maximum absolute atomic E-state index is 11.4. The number of aliphatic carboxylic acids is 1. The number of hydrogen-bond donors (Lipinski definition) is 2. The van der Waals surface area contributed by atoms with Crippen molar-refractivity contribution in [3.05, 3.63) is 29.8 Å². The van der Waals surface area contributed by atoms with Crippen molar-refractivity contribution < 1.29 is 20.4 Å². The van der Waals surface area contributed by atoms with Gasteiger partial charge in [-0.15, -0.1) is 0 Å². The number of benzene rings is 1. The molecule has 5 nitrogen and oxygen atoms in total. The molecule has 0 spiro atoms. The topological polar surface area (TPSA) is 96.9 Å². The van der Waals surface area contributed by atoms with Crippen LogP contribution in [-0.2, 0) is 9.59 Å². The number of hydrogen-bond acceptors (Lipinski definition) is 3. The molecule has 16 heavy (non-hydrogen) atoms. The number of anilines is 1. The first-order valence-corrected chi connectivity index (χ1v) is 4.89. The fourth-order valence-corrected chi connectivity index (χ4v) is 1.16. The summed E-state index contributed by atoms with van der Waals surface area (Å²) in [5.74, 6) is -1.70. The summed E-state index contributed by atoms with van der Waals surface area (Å²) in [6, 6.07) is 6.20. The van der Waals surface area contributed by atoms with Crippen LogP contribution in [0.15, 0.2) is 24.3 Å². The van der Waals surface area contributed by atoms with E-state index in [1.165, 1.54) is 0 Å². The van der Waals surface area contributed by atoms with Gasteiger partial charge in [0.2, 0.25) is 5.91 Å². The minimum Gasteiger partial charge on any atom is -0.544 e. The molecule has 1 atom stereocenters. The van der Waals surface area contributed by atoms with Gasteiger partial charge >= 0.3 is 0 Å². The second-order valence-electron chi connectivity index (χ2n) is 3.63. The minimum absolute atomic E-state index is 0.184. The van der Waals surface area contributed by atoms with E-state index in [2.05, 4.69) is 11.1 Å². The zero-order chi connectivity index (χ0) is 12.1. The monoisotopic (exact) mass is 222 g/mol. The van der Waals surface area contributed by atoms with Crippen molar-refractivity contribution in [1.82, 2.24) is 0 Å². The summed E-state index contributed by atoms with van der Waals surface area (Å²) in [5, 5.41) is 13.0. The first-order chi connectivity index (χ1) is 7.49. The summed E-state index contributed by atoms with van der Waals surface area (Å²) in [4.78, 5) is 21.7. The van der Waals surface area contributed by atoms with E-state index in [4.69, 9.17) is 0 Å². The molecule has 0 aliphatic heterocycles. The van der Waals surface area contributed by atoms with Crippen LogP contribution in [0.1, 0.15) is 12.0 Å². The van der Waals surface area contributed by atoms with Crippen LogP contribution in [0, 0.1) is 6.92 Å². The fourth-order valence-electron chi connectivity index (χ4n) is 1.16. The van der Waals surface area contributed by atoms with Crippen LogP contribution in [-0.4, -0.2) is 17.9 Å². The van der Waals surface area contributed by atoms with Crippen LogP contribution < -0.4 is 16.2 Å². The molecule has 0 aromatic heterocycles. The van der Waals surface area contributed by atoms with E-state index in [9.17, 15) is 14.7 Å². The van der Waals surface area contributed by atoms with Gasteiger partial charge in [0.15, 0.2) is 0 Å². The van der Waals surface area contributed by atoms with Crippen LogP contribution in [0.25, 0.3) is 0 Å². The van der Waals surface area contributed by atoms with E-state index < -0.39 is 12.0 Å². The molecule has 1 aromatic carbocycles. The van der Waals surface area contributed by atoms with Gasteiger partial charge in [0.1, 0.15) is 6.04 Å². The van der Waals surface area contributed by atoms with Gasteiger partial charge in [-0.2, -0.15) is 0 Å². The van der Waals surface area contributed by atoms with Gasteiger partial charge in [0.25, 0.3) is 0 Å². The average Bonchev–Trinajstić information content (AvgIpc) is 2.21. The van der Waals surface area contributed by atoms with Crippen molar-refractivity contribution in [3.63, 3.8) is 0 Å². The Balaban J connectivity index is 2.52. The lowest BCUT2D eigenvalue weighted by Gasteiger charge is -2.09. The lowest BCUT2D eigenvalue weighted by molar-refractivity contribution is -0.436. The lowest BCUT2D eigenvalue weighted by Crippen LogP contribution is -2.69. The molecule has 0 bridgehead atoms. The number of quaternary nitrogens is 1. The van der Waals surface area contributed by atoms with Crippen molar-refractivity contribution in [1.29, 1.82) is 0 Å². The molecule has 0 aliphatic rings. The summed E-state index contributed by atoms with van der Waals surface area (Å²) in [7, 11) is 0. The molecule has 0 heterocycles. The Morgan fingerprint density at radius 2 is 1.94 bits per heavy atom. The van der Waals surface area contributed by atoms with Gasteiger partial charge in [-0.1, -0.05) is 17.7 Å². The number of carboxylic acid groups (broad SMARTS) is 1. The summed E-state index contributed by atoms with van der Waals surface area (Å²) in [6.45, 7) is 1.94. The van der Waals surface area contributed by atoms with Crippen LogP contribution >= 0.6 is 0 Å². The maximum Gasteiger partial charge on any atom is 0.230 e. The number of amides is 1. The summed E-state index contributed by atoms with van der Waals surface area (Å²) < 4.78 is 0. The first-order valence-electron chi connectivity index (χ1n) is 4.89. The highest BCUT2D eigenvalue weighted by Crippen LogP contribution is 2.08. The normalized spacial score (nSPS) is 11.9. The predicted molar refractivity (Wildman–Crippen MR) is 56.1 cm³/mol. The number of rotatable bonds is 4. The first kappa shape index (κ1) is 12.2. The van der Waals surface area contributed by atoms with E-state index in [1.807, 2.05) is 19.1 Å². The molecule has 0 saturated carbocycles. The van der Waals surface area contributed by atoms with Crippen molar-refractivity contribution in [2.24, 2.45) is 0 Å². The number of carboxylic acids is 1. The molecule has 1 rings (SSSR count). The second-order valence-corrected chi connectivity index (χ2v) is 3.63. The van der Waals surface area contributed by atoms with Crippen molar-refractivity contribution in [2.75, 3.05) is 5.32 Å². The molecule has 86 valence electrons. The molecule has 5 heteroatoms. The van der Waals surface area contributed by atoms with Gasteiger partial charge in [-0.25, -0.2) is 0 Å². The Labute approximate surface area is 93.3 Å². The van der Waals surface area contributed by atoms with Crippen LogP contribution in [0.4, 0.5) is 5.69 Å². The number of aryl methyl sites for hydroxylation is 1. The van der Waals surface area contributed by atoms with Crippen LogP contribution in [0.2, 0.25) is 0 Å². The summed E-state index contributed by atoms with van der Waals surface area (Å²) >= 11 is 0. The molecular weight excluding hydrogens is 208 g/mol. The third kappa shape index (κ3) is 3.70. The summed E-state index contributed by atoms with van der Waals surface area (Å²) in [5.41, 5.74) is 5.04. The van der Waals surface area contributed by atoms with E-state index in [-0.39, 0.29) is 12.3 Å². The highest BCUT2D eigenvalue weighted by atomic mass is 16.4. The predicted octanol–water partition coefficient (Wildman–Crippen LogP) is -1.32. The quantitative estimate of drug-likeness (QED) is 0.661. The van der Waals surface area contributed by atoms with Gasteiger partial charge in [0, 0.05) is 5.69 Å². The molecule has 1 amide bonds. The van der Waals surface area contributed by atoms with E-state index >= 15 is 0 Å². The van der Waals surface area contributed by atoms with Crippen LogP contribution in [0.3, 0.4) is 0 Å². The van der Waals surface area contributed by atoms with E-state index in [1.54, 1.807) is 12.1 Å². The molecule has 4 N–H and O–H groups in total. The lowest BCUT2D eigenvalue weighted by atomic mass is 10.2. The average molecular weight is 222 g/mol. The summed E-state index contributed by atoms with van der Waals surface area (Å²) in [6.07, 6.45) is -0.184. The Morgan fingerprint density at radius 3 is 2.44 bits per heavy atom. The number of carbonyl (C=O) groups excluding carboxylic acids is 2. The van der Waals surface area contributed by atoms with Gasteiger partial charge in [-0.3, -0.25) is 4.79 Å². The van der Waals surface area contributed by atoms with Crippen molar-refractivity contribution >= 4 is 17.6 Å². The fraction of sp³-hybridized carbons (Fsp3) is 0.273. The molecular formula is C11H14N2O3. The number of carbonyl (C=O) groups is 2. The Morgan fingerprint density at radius 1 is 1.38 bits per heavy atom. The van der Waals surface area contributed by atoms with Gasteiger partial charge < -0.3 is 21.0 Å². The minimum atomic E-state index is -1.32. The Kier molecular flexibility index (Phi) is 4.02. The van der Waals surface area contributed by atoms with E-state index in [0.29, 0.717) is 5.69 Å². The highest BCUT2D eigenvalue weighted by Gasteiger charge is 2.13. The largest absolute Gasteiger partial charge is 0.544 e. The van der Waals surface area contributed by atoms with E-state index in [0.717, 1.165) is 5.56 Å². The highest BCUT2D eigenvalue weighted by molar-refractivity contribution is 5.93. The molecule has 1 aromatic rings. The second kappa shape index (κ2) is 5.27. The standard InChI is InChI=1S/C11H14N2O3/c1-7-2-4-8(5-3-7)13-10(14)6-9(12)11(15)16/h2-5,9H,6,12H2,1H3,(H,13,14)(H,15,16)/t9-/m0/s1. The van der Waals surface area contributed by atoms with Crippen LogP contribution in [0.5, 0.6) is 0 Å². The van der Waals surface area contributed by atoms with Crippen molar-refractivity contribution in [2.45, 2.75) is 19.4 Å². The molecule has 0 fully saturated rings. The SMILES string of the molecule is Cc1ccc(NC(=O)C[C@H]([NH3+])C(=O)[O-])cc1. The molecule has 0 saturated heterocycles. The Bertz CT molecular complexity index is 387. The third-order valence-electron chi connectivity index (χ3n) is 2.10. The van der Waals surface area contributed by atoms with Gasteiger partial charge in [-0.05, 0) is 19.1 Å². The third-order valence-corrected chi connectivity index (χ3v) is 2.10. The van der Waals surface area contributed by atoms with Crippen molar-refractivity contribution in [3.8, 4) is 0 Å².